The number of hydrogen-bond donors (Lipinski definition) is 2. The Morgan fingerprint density at radius 3 is 2.22 bits per heavy atom. The van der Waals surface area contributed by atoms with Crippen molar-refractivity contribution >= 4 is 18.3 Å². The van der Waals surface area contributed by atoms with Crippen LogP contribution in [0.2, 0.25) is 0 Å². The quantitative estimate of drug-likeness (QED) is 0.864. The number of benzene rings is 1. The van der Waals surface area contributed by atoms with Crippen molar-refractivity contribution in [3.63, 3.8) is 0 Å². The molecule has 0 aromatic heterocycles. The molecule has 0 aliphatic carbocycles. The second kappa shape index (κ2) is 8.11. The normalized spacial score (nSPS) is 13.3. The largest absolute Gasteiger partial charge is 0.348 e. The van der Waals surface area contributed by atoms with Crippen LogP contribution in [0.15, 0.2) is 24.3 Å². The number of hydrogen-bond acceptors (Lipinski definition) is 2. The Kier molecular flexibility index (Phi) is 7.64. The molecular weight excluding hydrogens is 248 g/mol. The Bertz CT molecular complexity index is 365. The second-order valence-corrected chi connectivity index (χ2v) is 4.39. The van der Waals surface area contributed by atoms with Crippen LogP contribution in [0.5, 0.6) is 0 Å². The lowest BCUT2D eigenvalue weighted by atomic mass is 10.0. The van der Waals surface area contributed by atoms with Gasteiger partial charge in [0.25, 0.3) is 0 Å². The van der Waals surface area contributed by atoms with Crippen molar-refractivity contribution in [2.45, 2.75) is 45.7 Å². The van der Waals surface area contributed by atoms with Crippen molar-refractivity contribution in [2.75, 3.05) is 0 Å². The summed E-state index contributed by atoms with van der Waals surface area (Å²) in [5.41, 5.74) is 8.07. The van der Waals surface area contributed by atoms with Crippen LogP contribution in [0.25, 0.3) is 0 Å². The van der Waals surface area contributed by atoms with Gasteiger partial charge in [0.15, 0.2) is 0 Å². The Balaban J connectivity index is 0.00000289. The van der Waals surface area contributed by atoms with E-state index < -0.39 is 6.04 Å². The number of nitrogens with one attached hydrogen (secondary N) is 1. The van der Waals surface area contributed by atoms with E-state index in [1.54, 1.807) is 0 Å². The molecule has 2 atom stereocenters. The monoisotopic (exact) mass is 270 g/mol. The molecule has 4 heteroatoms. The first-order valence-electron chi connectivity index (χ1n) is 6.21. The van der Waals surface area contributed by atoms with Gasteiger partial charge in [-0.05, 0) is 25.3 Å². The smallest absolute Gasteiger partial charge is 0.237 e. The van der Waals surface area contributed by atoms with Gasteiger partial charge in [0.05, 0.1) is 12.1 Å². The number of amides is 1. The van der Waals surface area contributed by atoms with E-state index in [1.165, 1.54) is 5.56 Å². The summed E-state index contributed by atoms with van der Waals surface area (Å²) < 4.78 is 0. The highest BCUT2D eigenvalue weighted by atomic mass is 35.5. The minimum absolute atomic E-state index is 0. The summed E-state index contributed by atoms with van der Waals surface area (Å²) in [6.07, 6.45) is 1.53. The zero-order valence-corrected chi connectivity index (χ0v) is 12.1. The maximum Gasteiger partial charge on any atom is 0.237 e. The third-order valence-electron chi connectivity index (χ3n) is 2.98. The summed E-state index contributed by atoms with van der Waals surface area (Å²) in [5, 5.41) is 2.99. The van der Waals surface area contributed by atoms with E-state index >= 15 is 0 Å². The Morgan fingerprint density at radius 2 is 1.78 bits per heavy atom. The van der Waals surface area contributed by atoms with Crippen molar-refractivity contribution < 1.29 is 4.79 Å². The van der Waals surface area contributed by atoms with Crippen LogP contribution in [0.1, 0.15) is 43.9 Å². The van der Waals surface area contributed by atoms with Gasteiger partial charge >= 0.3 is 0 Å². The van der Waals surface area contributed by atoms with Crippen molar-refractivity contribution in [1.29, 1.82) is 0 Å². The Hall–Kier alpha value is -1.06. The minimum atomic E-state index is -0.408. The summed E-state index contributed by atoms with van der Waals surface area (Å²) in [7, 11) is 0. The number of aryl methyl sites for hydroxylation is 1. The number of carbonyl (C=O) groups is 1. The van der Waals surface area contributed by atoms with Gasteiger partial charge in [-0.2, -0.15) is 0 Å². The van der Waals surface area contributed by atoms with Crippen molar-refractivity contribution in [1.82, 2.24) is 5.32 Å². The number of nitrogens with two attached hydrogens (primary N) is 1. The maximum absolute atomic E-state index is 11.7. The fraction of sp³-hybridized carbons (Fsp3) is 0.500. The lowest BCUT2D eigenvalue weighted by molar-refractivity contribution is -0.123. The summed E-state index contributed by atoms with van der Waals surface area (Å²) >= 11 is 0. The van der Waals surface area contributed by atoms with Crippen LogP contribution in [0.4, 0.5) is 0 Å². The molecule has 0 saturated carbocycles. The summed E-state index contributed by atoms with van der Waals surface area (Å²) in [4.78, 5) is 11.7. The van der Waals surface area contributed by atoms with Crippen LogP contribution in [-0.4, -0.2) is 11.9 Å². The van der Waals surface area contributed by atoms with Crippen LogP contribution >= 0.6 is 12.4 Å². The van der Waals surface area contributed by atoms with E-state index in [0.29, 0.717) is 6.42 Å². The van der Waals surface area contributed by atoms with Gasteiger partial charge in [0.2, 0.25) is 5.91 Å². The van der Waals surface area contributed by atoms with Crippen LogP contribution in [-0.2, 0) is 4.79 Å². The molecule has 1 aromatic rings. The molecule has 1 unspecified atom stereocenters. The van der Waals surface area contributed by atoms with Gasteiger partial charge in [0.1, 0.15) is 0 Å². The van der Waals surface area contributed by atoms with E-state index in [2.05, 4.69) is 43.4 Å². The molecular formula is C14H23ClN2O. The number of carbonyl (C=O) groups excluding carboxylic acids is 1. The van der Waals surface area contributed by atoms with Gasteiger partial charge in [-0.15, -0.1) is 12.4 Å². The molecule has 1 amide bonds. The first-order chi connectivity index (χ1) is 8.08. The molecule has 0 heterocycles. The SMILES string of the molecule is CCC(NC(=O)[C@@H](N)CC)c1ccc(C)cc1.Cl. The lowest BCUT2D eigenvalue weighted by Gasteiger charge is -2.19. The van der Waals surface area contributed by atoms with Gasteiger partial charge in [-0.3, -0.25) is 4.79 Å². The minimum Gasteiger partial charge on any atom is -0.348 e. The first-order valence-corrected chi connectivity index (χ1v) is 6.21. The average Bonchev–Trinajstić information content (AvgIpc) is 2.35. The topological polar surface area (TPSA) is 55.1 Å². The highest BCUT2D eigenvalue weighted by Crippen LogP contribution is 2.17. The zero-order valence-electron chi connectivity index (χ0n) is 11.3. The van der Waals surface area contributed by atoms with Gasteiger partial charge < -0.3 is 11.1 Å². The molecule has 1 rings (SSSR count). The summed E-state index contributed by atoms with van der Waals surface area (Å²) in [6, 6.07) is 7.88. The molecule has 0 radical (unpaired) electrons. The Labute approximate surface area is 116 Å². The van der Waals surface area contributed by atoms with Gasteiger partial charge in [-0.1, -0.05) is 43.7 Å². The maximum atomic E-state index is 11.7. The predicted molar refractivity (Wildman–Crippen MR) is 77.9 cm³/mol. The van der Waals surface area contributed by atoms with Crippen molar-refractivity contribution in [3.8, 4) is 0 Å². The third kappa shape index (κ3) is 4.67. The van der Waals surface area contributed by atoms with Crippen molar-refractivity contribution in [3.05, 3.63) is 35.4 Å². The molecule has 1 aromatic carbocycles. The molecule has 3 nitrogen and oxygen atoms in total. The standard InChI is InChI=1S/C14H22N2O.ClH/c1-4-12(15)14(17)16-13(5-2)11-8-6-10(3)7-9-11;/h6-9,12-13H,4-5,15H2,1-3H3,(H,16,17);1H/t12-,13?;/m0./s1. The zero-order chi connectivity index (χ0) is 12.8. The fourth-order valence-corrected chi connectivity index (χ4v) is 1.68. The second-order valence-electron chi connectivity index (χ2n) is 4.39. The number of rotatable bonds is 5. The van der Waals surface area contributed by atoms with Crippen LogP contribution in [0, 0.1) is 6.92 Å². The highest BCUT2D eigenvalue weighted by molar-refractivity contribution is 5.85. The molecule has 18 heavy (non-hydrogen) atoms. The van der Waals surface area contributed by atoms with E-state index in [9.17, 15) is 4.79 Å². The first kappa shape index (κ1) is 16.9. The highest BCUT2D eigenvalue weighted by Gasteiger charge is 2.16. The van der Waals surface area contributed by atoms with Crippen LogP contribution < -0.4 is 11.1 Å². The van der Waals surface area contributed by atoms with E-state index in [-0.39, 0.29) is 24.4 Å². The average molecular weight is 271 g/mol. The van der Waals surface area contributed by atoms with E-state index in [4.69, 9.17) is 5.73 Å². The fourth-order valence-electron chi connectivity index (χ4n) is 1.68. The molecule has 0 saturated heterocycles. The molecule has 0 spiro atoms. The summed E-state index contributed by atoms with van der Waals surface area (Å²) in [6.45, 7) is 6.02. The third-order valence-corrected chi connectivity index (χ3v) is 2.98. The predicted octanol–water partition coefficient (Wildman–Crippen LogP) is 2.72. The van der Waals surface area contributed by atoms with Gasteiger partial charge in [0, 0.05) is 0 Å². The molecule has 102 valence electrons. The van der Waals surface area contributed by atoms with Gasteiger partial charge in [-0.25, -0.2) is 0 Å². The van der Waals surface area contributed by atoms with Crippen LogP contribution in [0.3, 0.4) is 0 Å². The molecule has 0 bridgehead atoms. The molecule has 0 fully saturated rings. The lowest BCUT2D eigenvalue weighted by Crippen LogP contribution is -2.41. The molecule has 0 aliphatic heterocycles. The van der Waals surface area contributed by atoms with E-state index in [1.807, 2.05) is 6.92 Å². The number of halogens is 1. The van der Waals surface area contributed by atoms with Crippen molar-refractivity contribution in [2.24, 2.45) is 5.73 Å². The molecule has 3 N–H and O–H groups in total. The molecule has 0 aliphatic rings. The Morgan fingerprint density at radius 1 is 1.22 bits per heavy atom. The summed E-state index contributed by atoms with van der Waals surface area (Å²) in [5.74, 6) is -0.0695. The van der Waals surface area contributed by atoms with E-state index in [0.717, 1.165) is 12.0 Å².